The Morgan fingerprint density at radius 2 is 2.29 bits per heavy atom. The molecule has 0 atom stereocenters. The second-order valence-corrected chi connectivity index (χ2v) is 5.35. The lowest BCUT2D eigenvalue weighted by Gasteiger charge is -2.04. The van der Waals surface area contributed by atoms with E-state index < -0.39 is 5.97 Å². The zero-order chi connectivity index (χ0) is 12.7. The van der Waals surface area contributed by atoms with Gasteiger partial charge in [0.1, 0.15) is 0 Å². The van der Waals surface area contributed by atoms with Crippen LogP contribution >= 0.6 is 23.1 Å². The molecule has 0 bridgehead atoms. The van der Waals surface area contributed by atoms with E-state index in [0.717, 1.165) is 16.9 Å². The van der Waals surface area contributed by atoms with E-state index in [-0.39, 0.29) is 11.7 Å². The number of carboxylic acids is 1. The molecule has 2 N–H and O–H groups in total. The van der Waals surface area contributed by atoms with Gasteiger partial charge in [-0.2, -0.15) is 0 Å². The molecule has 0 aliphatic rings. The lowest BCUT2D eigenvalue weighted by Crippen LogP contribution is -2.26. The minimum absolute atomic E-state index is 0.0622. The Bertz CT molecular complexity index is 390. The molecule has 0 saturated heterocycles. The Morgan fingerprint density at radius 1 is 1.53 bits per heavy atom. The number of carbonyl (C=O) groups excluding carboxylic acids is 1. The molecule has 0 fully saturated rings. The van der Waals surface area contributed by atoms with Gasteiger partial charge in [0.05, 0.1) is 10.6 Å². The highest BCUT2D eigenvalue weighted by Crippen LogP contribution is 2.16. The Hall–Kier alpha value is -1.01. The normalized spacial score (nSPS) is 10.2. The van der Waals surface area contributed by atoms with Crippen molar-refractivity contribution in [3.8, 4) is 0 Å². The van der Waals surface area contributed by atoms with Crippen LogP contribution in [0, 0.1) is 0 Å². The van der Waals surface area contributed by atoms with Crippen LogP contribution in [-0.4, -0.2) is 35.0 Å². The Kier molecular flexibility index (Phi) is 6.07. The number of hydrogen-bond donors (Lipinski definition) is 2. The van der Waals surface area contributed by atoms with Crippen molar-refractivity contribution in [2.45, 2.75) is 13.3 Å². The number of thiophene rings is 1. The zero-order valence-corrected chi connectivity index (χ0v) is 11.2. The Labute approximate surface area is 108 Å². The summed E-state index contributed by atoms with van der Waals surface area (Å²) in [6, 6.07) is 1.96. The fourth-order valence-electron chi connectivity index (χ4n) is 1.29. The fraction of sp³-hybridized carbons (Fsp3) is 0.455. The van der Waals surface area contributed by atoms with Gasteiger partial charge in [-0.3, -0.25) is 9.59 Å². The number of rotatable bonds is 7. The fourth-order valence-corrected chi connectivity index (χ4v) is 2.77. The van der Waals surface area contributed by atoms with Gasteiger partial charge in [-0.05, 0) is 23.4 Å². The first-order valence-electron chi connectivity index (χ1n) is 5.29. The summed E-state index contributed by atoms with van der Waals surface area (Å²) in [4.78, 5) is 22.8. The molecular formula is C11H15NO3S2. The largest absolute Gasteiger partial charge is 0.481 e. The highest BCUT2D eigenvalue weighted by Gasteiger charge is 2.10. The molecule has 1 rings (SSSR count). The summed E-state index contributed by atoms with van der Waals surface area (Å²) in [5, 5.41) is 13.1. The molecule has 1 heterocycles. The van der Waals surface area contributed by atoms with Crippen LogP contribution in [0.15, 0.2) is 11.4 Å². The van der Waals surface area contributed by atoms with Gasteiger partial charge in [0.2, 0.25) is 0 Å². The van der Waals surface area contributed by atoms with E-state index >= 15 is 0 Å². The van der Waals surface area contributed by atoms with Crippen LogP contribution in [0.2, 0.25) is 0 Å². The molecule has 94 valence electrons. The lowest BCUT2D eigenvalue weighted by molar-refractivity contribution is -0.133. The highest BCUT2D eigenvalue weighted by molar-refractivity contribution is 7.99. The monoisotopic (exact) mass is 273 g/mol. The summed E-state index contributed by atoms with van der Waals surface area (Å²) in [7, 11) is 0. The topological polar surface area (TPSA) is 66.4 Å². The van der Waals surface area contributed by atoms with Gasteiger partial charge in [0.15, 0.2) is 0 Å². The summed E-state index contributed by atoms with van der Waals surface area (Å²) in [5.74, 6) is -0.194. The van der Waals surface area contributed by atoms with Crippen LogP contribution in [0.25, 0.3) is 0 Å². The number of nitrogens with one attached hydrogen (secondary N) is 1. The molecule has 1 amide bonds. The summed E-state index contributed by atoms with van der Waals surface area (Å²) in [5.41, 5.74) is 1.06. The number of thioether (sulfide) groups is 1. The molecular weight excluding hydrogens is 258 g/mol. The van der Waals surface area contributed by atoms with Crippen molar-refractivity contribution >= 4 is 35.0 Å². The zero-order valence-electron chi connectivity index (χ0n) is 9.56. The predicted molar refractivity (Wildman–Crippen MR) is 71.0 cm³/mol. The number of hydrogen-bond acceptors (Lipinski definition) is 4. The lowest BCUT2D eigenvalue weighted by atomic mass is 10.2. The molecule has 0 spiro atoms. The molecule has 1 aromatic heterocycles. The summed E-state index contributed by atoms with van der Waals surface area (Å²) >= 11 is 2.74. The van der Waals surface area contributed by atoms with Crippen molar-refractivity contribution in [3.05, 3.63) is 21.9 Å². The van der Waals surface area contributed by atoms with Crippen molar-refractivity contribution in [2.24, 2.45) is 0 Å². The molecule has 6 heteroatoms. The molecule has 0 radical (unpaired) electrons. The summed E-state index contributed by atoms with van der Waals surface area (Å²) in [6.07, 6.45) is 0.847. The Balaban J connectivity index is 2.28. The summed E-state index contributed by atoms with van der Waals surface area (Å²) in [6.45, 7) is 2.51. The van der Waals surface area contributed by atoms with E-state index in [9.17, 15) is 9.59 Å². The van der Waals surface area contributed by atoms with E-state index in [1.807, 2.05) is 18.4 Å². The van der Waals surface area contributed by atoms with Crippen LogP contribution in [-0.2, 0) is 11.2 Å². The Morgan fingerprint density at radius 3 is 2.94 bits per heavy atom. The maximum absolute atomic E-state index is 11.8. The standard InChI is InChI=1S/C11H15NO3S2/c1-2-8-3-5-17-10(8)11(15)12-4-6-16-7-9(13)14/h3,5H,2,4,6-7H2,1H3,(H,12,15)(H,13,14). The second-order valence-electron chi connectivity index (χ2n) is 3.33. The predicted octanol–water partition coefficient (Wildman–Crippen LogP) is 1.86. The minimum atomic E-state index is -0.826. The smallest absolute Gasteiger partial charge is 0.313 e. The van der Waals surface area contributed by atoms with Crippen molar-refractivity contribution < 1.29 is 14.7 Å². The molecule has 0 aliphatic carbocycles. The van der Waals surface area contributed by atoms with Crippen LogP contribution in [0.5, 0.6) is 0 Å². The number of amides is 1. The van der Waals surface area contributed by atoms with Gasteiger partial charge in [-0.15, -0.1) is 23.1 Å². The maximum Gasteiger partial charge on any atom is 0.313 e. The summed E-state index contributed by atoms with van der Waals surface area (Å²) < 4.78 is 0. The van der Waals surface area contributed by atoms with Gasteiger partial charge in [-0.1, -0.05) is 6.92 Å². The molecule has 0 saturated carbocycles. The minimum Gasteiger partial charge on any atom is -0.481 e. The SMILES string of the molecule is CCc1ccsc1C(=O)NCCSCC(=O)O. The van der Waals surface area contributed by atoms with Crippen molar-refractivity contribution in [2.75, 3.05) is 18.1 Å². The van der Waals surface area contributed by atoms with E-state index in [4.69, 9.17) is 5.11 Å². The van der Waals surface area contributed by atoms with Crippen LogP contribution in [0.1, 0.15) is 22.2 Å². The van der Waals surface area contributed by atoms with Gasteiger partial charge >= 0.3 is 5.97 Å². The first kappa shape index (κ1) is 14.1. The third kappa shape index (κ3) is 4.79. The van der Waals surface area contributed by atoms with Gasteiger partial charge in [0, 0.05) is 12.3 Å². The van der Waals surface area contributed by atoms with Crippen LogP contribution in [0.3, 0.4) is 0 Å². The quantitative estimate of drug-likeness (QED) is 0.744. The second kappa shape index (κ2) is 7.34. The molecule has 0 aliphatic heterocycles. The molecule has 0 unspecified atom stereocenters. The van der Waals surface area contributed by atoms with Crippen molar-refractivity contribution in [1.29, 1.82) is 0 Å². The third-order valence-corrected chi connectivity index (χ3v) is 3.99. The molecule has 4 nitrogen and oxygen atoms in total. The number of aliphatic carboxylic acids is 1. The van der Waals surface area contributed by atoms with Gasteiger partial charge in [-0.25, -0.2) is 0 Å². The van der Waals surface area contributed by atoms with E-state index in [2.05, 4.69) is 5.32 Å². The number of carbonyl (C=O) groups is 2. The molecule has 17 heavy (non-hydrogen) atoms. The van der Waals surface area contributed by atoms with Crippen molar-refractivity contribution in [3.63, 3.8) is 0 Å². The average Bonchev–Trinajstić information content (AvgIpc) is 2.75. The van der Waals surface area contributed by atoms with E-state index in [1.54, 1.807) is 0 Å². The first-order valence-corrected chi connectivity index (χ1v) is 7.32. The maximum atomic E-state index is 11.8. The van der Waals surface area contributed by atoms with Gasteiger partial charge < -0.3 is 10.4 Å². The van der Waals surface area contributed by atoms with Gasteiger partial charge in [0.25, 0.3) is 5.91 Å². The molecule has 1 aromatic rings. The number of aryl methyl sites for hydroxylation is 1. The average molecular weight is 273 g/mol. The van der Waals surface area contributed by atoms with Crippen molar-refractivity contribution in [1.82, 2.24) is 5.32 Å². The third-order valence-electron chi connectivity index (χ3n) is 2.09. The molecule has 0 aromatic carbocycles. The van der Waals surface area contributed by atoms with Crippen LogP contribution < -0.4 is 5.32 Å². The first-order chi connectivity index (χ1) is 8.15. The van der Waals surface area contributed by atoms with E-state index in [0.29, 0.717) is 12.3 Å². The highest BCUT2D eigenvalue weighted by atomic mass is 32.2. The number of carboxylic acid groups (broad SMARTS) is 1. The van der Waals surface area contributed by atoms with Crippen LogP contribution in [0.4, 0.5) is 0 Å². The van der Waals surface area contributed by atoms with E-state index in [1.165, 1.54) is 23.1 Å².